The van der Waals surface area contributed by atoms with Gasteiger partial charge in [0.25, 0.3) is 5.56 Å². The summed E-state index contributed by atoms with van der Waals surface area (Å²) in [7, 11) is 1.52. The van der Waals surface area contributed by atoms with Crippen LogP contribution >= 0.6 is 11.8 Å². The van der Waals surface area contributed by atoms with Crippen LogP contribution < -0.4 is 10.3 Å². The van der Waals surface area contributed by atoms with Crippen molar-refractivity contribution < 1.29 is 9.53 Å². The van der Waals surface area contributed by atoms with Crippen LogP contribution in [0, 0.1) is 0 Å². The summed E-state index contributed by atoms with van der Waals surface area (Å²) in [5.74, 6) is 0.657. The monoisotopic (exact) mass is 276 g/mol. The minimum atomic E-state index is -0.234. The number of carbonyl (C=O) groups excluding carboxylic acids is 1. The summed E-state index contributed by atoms with van der Waals surface area (Å²) in [6, 6.07) is 8.36. The van der Waals surface area contributed by atoms with Crippen LogP contribution in [0.15, 0.2) is 46.5 Å². The van der Waals surface area contributed by atoms with E-state index in [2.05, 4.69) is 9.97 Å². The average Bonchev–Trinajstić information content (AvgIpc) is 2.45. The fraction of sp³-hybridized carbons (Fsp3) is 0.154. The van der Waals surface area contributed by atoms with Crippen LogP contribution in [0.2, 0.25) is 0 Å². The molecule has 0 spiro atoms. The molecule has 0 fully saturated rings. The first kappa shape index (κ1) is 13.4. The third-order valence-corrected chi connectivity index (χ3v) is 3.28. The number of aromatic nitrogens is 2. The van der Waals surface area contributed by atoms with Gasteiger partial charge in [0.15, 0.2) is 10.9 Å². The van der Waals surface area contributed by atoms with Gasteiger partial charge in [-0.15, -0.1) is 0 Å². The van der Waals surface area contributed by atoms with Gasteiger partial charge in [0.05, 0.1) is 18.4 Å². The maximum atomic E-state index is 12.1. The Balaban J connectivity index is 2.07. The molecule has 1 aromatic carbocycles. The molecule has 0 aliphatic rings. The van der Waals surface area contributed by atoms with E-state index in [4.69, 9.17) is 4.74 Å². The molecule has 0 saturated carbocycles. The van der Waals surface area contributed by atoms with Gasteiger partial charge >= 0.3 is 0 Å². The average molecular weight is 276 g/mol. The zero-order valence-electron chi connectivity index (χ0n) is 10.3. The van der Waals surface area contributed by atoms with Gasteiger partial charge in [-0.2, -0.15) is 0 Å². The van der Waals surface area contributed by atoms with Gasteiger partial charge in [0.2, 0.25) is 0 Å². The van der Waals surface area contributed by atoms with Crippen LogP contribution in [0.5, 0.6) is 5.75 Å². The molecule has 0 amide bonds. The molecular weight excluding hydrogens is 264 g/mol. The summed E-state index contributed by atoms with van der Waals surface area (Å²) >= 11 is 1.18. The SMILES string of the molecule is COc1ccccc1C(=O)CSc1nccc(=O)[nH]1. The molecule has 1 aromatic heterocycles. The van der Waals surface area contributed by atoms with Gasteiger partial charge in [-0.25, -0.2) is 4.98 Å². The van der Waals surface area contributed by atoms with E-state index in [-0.39, 0.29) is 17.1 Å². The normalized spacial score (nSPS) is 10.2. The van der Waals surface area contributed by atoms with Crippen LogP contribution in [0.1, 0.15) is 10.4 Å². The molecule has 2 aromatic rings. The number of para-hydroxylation sites is 1. The Hall–Kier alpha value is -2.08. The number of methoxy groups -OCH3 is 1. The smallest absolute Gasteiger partial charge is 0.251 e. The van der Waals surface area contributed by atoms with Crippen LogP contribution in [0.25, 0.3) is 0 Å². The Bertz CT molecular complexity index is 640. The largest absolute Gasteiger partial charge is 0.496 e. The highest BCUT2D eigenvalue weighted by Gasteiger charge is 2.12. The minimum Gasteiger partial charge on any atom is -0.496 e. The Morgan fingerprint density at radius 3 is 2.89 bits per heavy atom. The zero-order valence-corrected chi connectivity index (χ0v) is 11.1. The first-order valence-electron chi connectivity index (χ1n) is 5.55. The number of nitrogens with zero attached hydrogens (tertiary/aromatic N) is 1. The highest BCUT2D eigenvalue weighted by molar-refractivity contribution is 7.99. The minimum absolute atomic E-state index is 0.0750. The van der Waals surface area contributed by atoms with Crippen molar-refractivity contribution in [1.29, 1.82) is 0 Å². The lowest BCUT2D eigenvalue weighted by atomic mass is 10.1. The second kappa shape index (κ2) is 6.19. The molecule has 0 atom stereocenters. The molecule has 1 heterocycles. The van der Waals surface area contributed by atoms with Gasteiger partial charge in [-0.1, -0.05) is 23.9 Å². The standard InChI is InChI=1S/C13H12N2O3S/c1-18-11-5-3-2-4-9(11)10(16)8-19-13-14-7-6-12(17)15-13/h2-7H,8H2,1H3,(H,14,15,17). The van der Waals surface area contributed by atoms with Crippen molar-refractivity contribution in [1.82, 2.24) is 9.97 Å². The number of hydrogen-bond donors (Lipinski definition) is 1. The lowest BCUT2D eigenvalue weighted by molar-refractivity contribution is 0.101. The van der Waals surface area contributed by atoms with E-state index < -0.39 is 0 Å². The van der Waals surface area contributed by atoms with E-state index in [0.717, 1.165) is 0 Å². The van der Waals surface area contributed by atoms with Crippen LogP contribution in [-0.2, 0) is 0 Å². The molecule has 0 aliphatic carbocycles. The van der Waals surface area contributed by atoms with E-state index in [0.29, 0.717) is 16.5 Å². The molecule has 6 heteroatoms. The van der Waals surface area contributed by atoms with Gasteiger partial charge in [-0.05, 0) is 12.1 Å². The molecule has 0 aliphatic heterocycles. The number of ether oxygens (including phenoxy) is 1. The fourth-order valence-electron chi connectivity index (χ4n) is 1.51. The number of nitrogens with one attached hydrogen (secondary N) is 1. The number of Topliss-reactive ketones (excluding diaryl/α,β-unsaturated/α-hetero) is 1. The highest BCUT2D eigenvalue weighted by Crippen LogP contribution is 2.20. The van der Waals surface area contributed by atoms with E-state index in [1.165, 1.54) is 31.1 Å². The zero-order chi connectivity index (χ0) is 13.7. The second-order valence-electron chi connectivity index (χ2n) is 3.65. The molecule has 19 heavy (non-hydrogen) atoms. The fourth-order valence-corrected chi connectivity index (χ4v) is 2.24. The Kier molecular flexibility index (Phi) is 4.35. The topological polar surface area (TPSA) is 72.0 Å². The summed E-state index contributed by atoms with van der Waals surface area (Å²) in [6.07, 6.45) is 1.41. The summed E-state index contributed by atoms with van der Waals surface area (Å²) < 4.78 is 5.13. The molecule has 0 saturated heterocycles. The van der Waals surface area contributed by atoms with Gasteiger partial charge in [-0.3, -0.25) is 9.59 Å². The van der Waals surface area contributed by atoms with Crippen molar-refractivity contribution in [2.45, 2.75) is 5.16 Å². The lowest BCUT2D eigenvalue weighted by Gasteiger charge is -2.06. The first-order valence-corrected chi connectivity index (χ1v) is 6.53. The Labute approximate surface area is 114 Å². The van der Waals surface area contributed by atoms with Gasteiger partial charge in [0.1, 0.15) is 5.75 Å². The van der Waals surface area contributed by atoms with Crippen molar-refractivity contribution >= 4 is 17.5 Å². The molecular formula is C13H12N2O3S. The van der Waals surface area contributed by atoms with E-state index in [1.54, 1.807) is 24.3 Å². The lowest BCUT2D eigenvalue weighted by Crippen LogP contribution is -2.08. The summed E-state index contributed by atoms with van der Waals surface area (Å²) in [6.45, 7) is 0. The Morgan fingerprint density at radius 2 is 2.16 bits per heavy atom. The van der Waals surface area contributed by atoms with Crippen LogP contribution in [0.3, 0.4) is 0 Å². The number of benzene rings is 1. The summed E-state index contributed by atoms with van der Waals surface area (Å²) in [4.78, 5) is 29.7. The van der Waals surface area contributed by atoms with Crippen molar-refractivity contribution in [2.24, 2.45) is 0 Å². The quantitative estimate of drug-likeness (QED) is 0.512. The molecule has 0 bridgehead atoms. The van der Waals surface area contributed by atoms with Crippen molar-refractivity contribution in [3.63, 3.8) is 0 Å². The predicted molar refractivity (Wildman–Crippen MR) is 72.9 cm³/mol. The highest BCUT2D eigenvalue weighted by atomic mass is 32.2. The molecule has 98 valence electrons. The maximum absolute atomic E-state index is 12.1. The maximum Gasteiger partial charge on any atom is 0.251 e. The van der Waals surface area contributed by atoms with Gasteiger partial charge < -0.3 is 9.72 Å². The Morgan fingerprint density at radius 1 is 1.37 bits per heavy atom. The predicted octanol–water partition coefficient (Wildman–Crippen LogP) is 1.75. The number of ketones is 1. The number of carbonyl (C=O) groups is 1. The van der Waals surface area contributed by atoms with E-state index in [1.807, 2.05) is 0 Å². The molecule has 1 N–H and O–H groups in total. The molecule has 0 radical (unpaired) electrons. The van der Waals surface area contributed by atoms with Crippen molar-refractivity contribution in [2.75, 3.05) is 12.9 Å². The second-order valence-corrected chi connectivity index (χ2v) is 4.62. The van der Waals surface area contributed by atoms with Crippen LogP contribution in [0.4, 0.5) is 0 Å². The molecule has 0 unspecified atom stereocenters. The first-order chi connectivity index (χ1) is 9.20. The van der Waals surface area contributed by atoms with E-state index in [9.17, 15) is 9.59 Å². The molecule has 2 rings (SSSR count). The summed E-state index contributed by atoms with van der Waals surface area (Å²) in [5.41, 5.74) is 0.290. The number of hydrogen-bond acceptors (Lipinski definition) is 5. The third kappa shape index (κ3) is 3.45. The van der Waals surface area contributed by atoms with Crippen LogP contribution in [-0.4, -0.2) is 28.6 Å². The number of H-pyrrole nitrogens is 1. The van der Waals surface area contributed by atoms with Crippen molar-refractivity contribution in [3.05, 3.63) is 52.4 Å². The van der Waals surface area contributed by atoms with Gasteiger partial charge in [0, 0.05) is 12.3 Å². The third-order valence-electron chi connectivity index (χ3n) is 2.40. The number of rotatable bonds is 5. The number of aromatic amines is 1. The summed E-state index contributed by atoms with van der Waals surface area (Å²) in [5, 5.41) is 0.427. The molecule has 5 nitrogen and oxygen atoms in total. The van der Waals surface area contributed by atoms with Crippen molar-refractivity contribution in [3.8, 4) is 5.75 Å². The number of thioether (sulfide) groups is 1. The van der Waals surface area contributed by atoms with E-state index >= 15 is 0 Å².